The summed E-state index contributed by atoms with van der Waals surface area (Å²) >= 11 is 0. The highest BCUT2D eigenvalue weighted by Gasteiger charge is 2.07. The zero-order chi connectivity index (χ0) is 14.5. The summed E-state index contributed by atoms with van der Waals surface area (Å²) in [6, 6.07) is 13.8. The first kappa shape index (κ1) is 13.6. The fourth-order valence-electron chi connectivity index (χ4n) is 2.20. The van der Waals surface area contributed by atoms with Crippen LogP contribution in [0.2, 0.25) is 0 Å². The van der Waals surface area contributed by atoms with Crippen LogP contribution in [0.15, 0.2) is 53.1 Å². The van der Waals surface area contributed by atoms with E-state index in [1.165, 1.54) is 0 Å². The summed E-state index contributed by atoms with van der Waals surface area (Å²) in [6.07, 6.45) is 1.65. The van der Waals surface area contributed by atoms with Crippen LogP contribution in [0.3, 0.4) is 0 Å². The van der Waals surface area contributed by atoms with E-state index in [2.05, 4.69) is 17.2 Å². The van der Waals surface area contributed by atoms with Crippen molar-refractivity contribution in [1.82, 2.24) is 10.3 Å². The van der Waals surface area contributed by atoms with E-state index in [0.29, 0.717) is 6.61 Å². The van der Waals surface area contributed by atoms with Gasteiger partial charge in [-0.2, -0.15) is 0 Å². The van der Waals surface area contributed by atoms with E-state index >= 15 is 0 Å². The SMILES string of the molecule is CCNCc1cc(OCc2ccco2)c2ccccc2n1. The average Bonchev–Trinajstić information content (AvgIpc) is 3.04. The first-order chi connectivity index (χ1) is 10.4. The van der Waals surface area contributed by atoms with Gasteiger partial charge in [0.1, 0.15) is 18.1 Å². The molecule has 1 N–H and O–H groups in total. The van der Waals surface area contributed by atoms with Crippen LogP contribution in [-0.2, 0) is 13.2 Å². The van der Waals surface area contributed by atoms with Crippen LogP contribution in [0.25, 0.3) is 10.9 Å². The topological polar surface area (TPSA) is 47.3 Å². The van der Waals surface area contributed by atoms with E-state index in [-0.39, 0.29) is 0 Å². The van der Waals surface area contributed by atoms with E-state index in [0.717, 1.165) is 41.2 Å². The predicted octanol–water partition coefficient (Wildman–Crippen LogP) is 3.52. The standard InChI is InChI=1S/C17H18N2O2/c1-2-18-11-13-10-17(21-12-14-6-5-9-20-14)15-7-3-4-8-16(15)19-13/h3-10,18H,2,11-12H2,1H3. The summed E-state index contributed by atoms with van der Waals surface area (Å²) in [4.78, 5) is 4.65. The highest BCUT2D eigenvalue weighted by atomic mass is 16.5. The highest BCUT2D eigenvalue weighted by molar-refractivity contribution is 5.85. The Hall–Kier alpha value is -2.33. The van der Waals surface area contributed by atoms with Crippen LogP contribution in [0.1, 0.15) is 18.4 Å². The van der Waals surface area contributed by atoms with Crippen molar-refractivity contribution in [2.45, 2.75) is 20.1 Å². The van der Waals surface area contributed by atoms with Gasteiger partial charge in [0.15, 0.2) is 0 Å². The van der Waals surface area contributed by atoms with E-state index in [1.807, 2.05) is 42.5 Å². The molecule has 0 atom stereocenters. The second-order valence-electron chi connectivity index (χ2n) is 4.78. The Bertz CT molecular complexity index is 708. The number of hydrogen-bond donors (Lipinski definition) is 1. The number of hydrogen-bond acceptors (Lipinski definition) is 4. The second-order valence-corrected chi connectivity index (χ2v) is 4.78. The van der Waals surface area contributed by atoms with Crippen LogP contribution in [0, 0.1) is 0 Å². The number of nitrogens with zero attached hydrogens (tertiary/aromatic N) is 1. The minimum Gasteiger partial charge on any atom is -0.485 e. The molecule has 0 saturated heterocycles. The molecular weight excluding hydrogens is 264 g/mol. The number of rotatable bonds is 6. The molecule has 2 aromatic heterocycles. The van der Waals surface area contributed by atoms with Gasteiger partial charge in [-0.3, -0.25) is 4.98 Å². The molecule has 0 spiro atoms. The maximum absolute atomic E-state index is 5.92. The van der Waals surface area contributed by atoms with Crippen LogP contribution in [0.5, 0.6) is 5.75 Å². The molecule has 0 aliphatic carbocycles. The van der Waals surface area contributed by atoms with Gasteiger partial charge in [0, 0.05) is 18.0 Å². The van der Waals surface area contributed by atoms with Crippen molar-refractivity contribution in [1.29, 1.82) is 0 Å². The van der Waals surface area contributed by atoms with Crippen molar-refractivity contribution >= 4 is 10.9 Å². The summed E-state index contributed by atoms with van der Waals surface area (Å²) in [5.41, 5.74) is 1.92. The molecule has 0 radical (unpaired) electrons. The molecule has 0 aliphatic rings. The molecule has 0 saturated carbocycles. The Kier molecular flexibility index (Phi) is 4.17. The predicted molar refractivity (Wildman–Crippen MR) is 82.2 cm³/mol. The first-order valence-corrected chi connectivity index (χ1v) is 7.11. The molecule has 0 amide bonds. The smallest absolute Gasteiger partial charge is 0.146 e. The van der Waals surface area contributed by atoms with Gasteiger partial charge in [-0.1, -0.05) is 19.1 Å². The molecule has 2 heterocycles. The Morgan fingerprint density at radius 2 is 2.10 bits per heavy atom. The van der Waals surface area contributed by atoms with Crippen molar-refractivity contribution in [3.8, 4) is 5.75 Å². The molecular formula is C17H18N2O2. The Morgan fingerprint density at radius 3 is 2.90 bits per heavy atom. The molecule has 108 valence electrons. The van der Waals surface area contributed by atoms with Gasteiger partial charge in [0.05, 0.1) is 17.5 Å². The molecule has 4 nitrogen and oxygen atoms in total. The van der Waals surface area contributed by atoms with Crippen molar-refractivity contribution < 1.29 is 9.15 Å². The number of benzene rings is 1. The van der Waals surface area contributed by atoms with E-state index < -0.39 is 0 Å². The Morgan fingerprint density at radius 1 is 1.19 bits per heavy atom. The molecule has 0 aliphatic heterocycles. The Labute approximate surface area is 123 Å². The van der Waals surface area contributed by atoms with Crippen molar-refractivity contribution in [3.63, 3.8) is 0 Å². The van der Waals surface area contributed by atoms with E-state index in [4.69, 9.17) is 9.15 Å². The van der Waals surface area contributed by atoms with Crippen LogP contribution < -0.4 is 10.1 Å². The molecule has 4 heteroatoms. The van der Waals surface area contributed by atoms with Gasteiger partial charge >= 0.3 is 0 Å². The molecule has 0 unspecified atom stereocenters. The third-order valence-electron chi connectivity index (χ3n) is 3.24. The number of fused-ring (bicyclic) bond motifs is 1. The lowest BCUT2D eigenvalue weighted by molar-refractivity contribution is 0.273. The maximum Gasteiger partial charge on any atom is 0.146 e. The lowest BCUT2D eigenvalue weighted by Gasteiger charge is -2.11. The van der Waals surface area contributed by atoms with Gasteiger partial charge in [-0.25, -0.2) is 0 Å². The largest absolute Gasteiger partial charge is 0.485 e. The molecule has 3 aromatic rings. The lowest BCUT2D eigenvalue weighted by Crippen LogP contribution is -2.13. The van der Waals surface area contributed by atoms with Crippen molar-refractivity contribution in [2.24, 2.45) is 0 Å². The molecule has 21 heavy (non-hydrogen) atoms. The maximum atomic E-state index is 5.92. The fourth-order valence-corrected chi connectivity index (χ4v) is 2.20. The summed E-state index contributed by atoms with van der Waals surface area (Å²) in [6.45, 7) is 4.15. The van der Waals surface area contributed by atoms with Crippen molar-refractivity contribution in [3.05, 3.63) is 60.2 Å². The number of nitrogens with one attached hydrogen (secondary N) is 1. The molecule has 0 bridgehead atoms. The number of ether oxygens (including phenoxy) is 1. The monoisotopic (exact) mass is 282 g/mol. The second kappa shape index (κ2) is 6.41. The molecule has 0 fully saturated rings. The number of aromatic nitrogens is 1. The van der Waals surface area contributed by atoms with Crippen LogP contribution in [-0.4, -0.2) is 11.5 Å². The zero-order valence-electron chi connectivity index (χ0n) is 12.0. The number of para-hydroxylation sites is 1. The van der Waals surface area contributed by atoms with Gasteiger partial charge in [0.25, 0.3) is 0 Å². The Balaban J connectivity index is 1.90. The number of pyridine rings is 1. The highest BCUT2D eigenvalue weighted by Crippen LogP contribution is 2.26. The minimum atomic E-state index is 0.418. The normalized spacial score (nSPS) is 10.9. The van der Waals surface area contributed by atoms with Gasteiger partial charge in [-0.15, -0.1) is 0 Å². The first-order valence-electron chi connectivity index (χ1n) is 7.11. The van der Waals surface area contributed by atoms with Crippen LogP contribution >= 0.6 is 0 Å². The summed E-state index contributed by atoms with van der Waals surface area (Å²) in [5.74, 6) is 1.65. The van der Waals surface area contributed by atoms with Crippen LogP contribution in [0.4, 0.5) is 0 Å². The average molecular weight is 282 g/mol. The van der Waals surface area contributed by atoms with E-state index in [1.54, 1.807) is 6.26 Å². The van der Waals surface area contributed by atoms with Gasteiger partial charge in [-0.05, 0) is 30.8 Å². The molecule has 1 aromatic carbocycles. The third kappa shape index (κ3) is 3.23. The third-order valence-corrected chi connectivity index (χ3v) is 3.24. The summed E-state index contributed by atoms with van der Waals surface area (Å²) < 4.78 is 11.2. The number of furan rings is 1. The minimum absolute atomic E-state index is 0.418. The zero-order valence-corrected chi connectivity index (χ0v) is 12.0. The summed E-state index contributed by atoms with van der Waals surface area (Å²) in [7, 11) is 0. The lowest BCUT2D eigenvalue weighted by atomic mass is 10.2. The molecule has 3 rings (SSSR count). The summed E-state index contributed by atoms with van der Waals surface area (Å²) in [5, 5.41) is 4.31. The quantitative estimate of drug-likeness (QED) is 0.751. The van der Waals surface area contributed by atoms with Gasteiger partial charge in [0.2, 0.25) is 0 Å². The van der Waals surface area contributed by atoms with E-state index in [9.17, 15) is 0 Å². The van der Waals surface area contributed by atoms with Crippen molar-refractivity contribution in [2.75, 3.05) is 6.54 Å². The fraction of sp³-hybridized carbons (Fsp3) is 0.235. The van der Waals surface area contributed by atoms with Gasteiger partial charge < -0.3 is 14.5 Å².